The van der Waals surface area contributed by atoms with Crippen LogP contribution in [0.4, 0.5) is 0 Å². The number of benzene rings is 2. The molecule has 0 saturated carbocycles. The Morgan fingerprint density at radius 3 is 2.26 bits per heavy atom. The van der Waals surface area contributed by atoms with Crippen molar-refractivity contribution in [1.29, 1.82) is 0 Å². The fourth-order valence-electron chi connectivity index (χ4n) is 3.15. The van der Waals surface area contributed by atoms with Crippen molar-refractivity contribution in [3.8, 4) is 0 Å². The van der Waals surface area contributed by atoms with Gasteiger partial charge in [-0.3, -0.25) is 4.57 Å². The van der Waals surface area contributed by atoms with Crippen LogP contribution >= 0.6 is 19.4 Å². The summed E-state index contributed by atoms with van der Waals surface area (Å²) in [5, 5.41) is 2.57. The average molecular weight is 398 g/mol. The zero-order chi connectivity index (χ0) is 18.9. The number of nitrogens with zero attached hydrogens (tertiary/aromatic N) is 2. The number of rotatable bonds is 5. The second-order valence-electron chi connectivity index (χ2n) is 5.99. The van der Waals surface area contributed by atoms with E-state index >= 15 is 0 Å². The molecule has 0 bridgehead atoms. The molecule has 0 amide bonds. The van der Waals surface area contributed by atoms with Gasteiger partial charge >= 0.3 is 7.60 Å². The Morgan fingerprint density at radius 2 is 1.63 bits per heavy atom. The van der Waals surface area contributed by atoms with E-state index in [1.807, 2.05) is 58.8 Å². The topological polar surface area (TPSA) is 51.1 Å². The summed E-state index contributed by atoms with van der Waals surface area (Å²) >= 11 is 1.43. The molecular formula is C20H19N2O3PS. The lowest BCUT2D eigenvalue weighted by atomic mass is 10.0. The molecule has 138 valence electrons. The standard InChI is InChI=1S/C20H19N2O3PS/c1-24-26(23,25-2)19-14-27-20-21-17(15-9-5-3-6-10-15)13-18(22(19)20)16-11-7-4-8-12-16/h3-14,18H,1-2H3. The van der Waals surface area contributed by atoms with Gasteiger partial charge in [0.25, 0.3) is 0 Å². The van der Waals surface area contributed by atoms with E-state index in [4.69, 9.17) is 14.0 Å². The van der Waals surface area contributed by atoms with Crippen LogP contribution in [0.5, 0.6) is 0 Å². The van der Waals surface area contributed by atoms with Gasteiger partial charge in [-0.2, -0.15) is 0 Å². The quantitative estimate of drug-likeness (QED) is 0.625. The molecule has 1 unspecified atom stereocenters. The van der Waals surface area contributed by atoms with Crippen molar-refractivity contribution in [3.05, 3.63) is 88.7 Å². The molecule has 1 atom stereocenters. The molecule has 0 N–H and O–H groups in total. The molecule has 2 aliphatic heterocycles. The third kappa shape index (κ3) is 3.30. The predicted molar refractivity (Wildman–Crippen MR) is 110 cm³/mol. The highest BCUT2D eigenvalue weighted by Gasteiger charge is 2.43. The number of fused-ring (bicyclic) bond motifs is 1. The van der Waals surface area contributed by atoms with E-state index in [2.05, 4.69) is 18.2 Å². The highest BCUT2D eigenvalue weighted by molar-refractivity contribution is 8.16. The zero-order valence-electron chi connectivity index (χ0n) is 15.0. The molecule has 7 heteroatoms. The van der Waals surface area contributed by atoms with E-state index in [-0.39, 0.29) is 6.04 Å². The van der Waals surface area contributed by atoms with Crippen LogP contribution in [0.15, 0.2) is 82.6 Å². The lowest BCUT2D eigenvalue weighted by Gasteiger charge is -2.34. The zero-order valence-corrected chi connectivity index (χ0v) is 16.7. The Kier molecular flexibility index (Phi) is 5.06. The number of hydrogen-bond donors (Lipinski definition) is 0. The van der Waals surface area contributed by atoms with Crippen molar-refractivity contribution in [1.82, 2.24) is 4.90 Å². The molecule has 0 spiro atoms. The van der Waals surface area contributed by atoms with Gasteiger partial charge in [-0.05, 0) is 17.2 Å². The van der Waals surface area contributed by atoms with E-state index in [1.165, 1.54) is 26.0 Å². The number of hydrogen-bond acceptors (Lipinski definition) is 6. The van der Waals surface area contributed by atoms with Gasteiger partial charge in [0, 0.05) is 19.6 Å². The Labute approximate surface area is 162 Å². The first kappa shape index (κ1) is 18.3. The second-order valence-corrected chi connectivity index (χ2v) is 9.01. The monoisotopic (exact) mass is 398 g/mol. The summed E-state index contributed by atoms with van der Waals surface area (Å²) in [5.41, 5.74) is 3.52. The van der Waals surface area contributed by atoms with E-state index in [0.717, 1.165) is 22.0 Å². The largest absolute Gasteiger partial charge is 0.377 e. The van der Waals surface area contributed by atoms with Gasteiger partial charge in [-0.1, -0.05) is 72.4 Å². The molecule has 2 aliphatic rings. The summed E-state index contributed by atoms with van der Waals surface area (Å²) in [5.74, 6) is 0. The van der Waals surface area contributed by atoms with Crippen LogP contribution in [0.25, 0.3) is 5.70 Å². The first-order valence-corrected chi connectivity index (χ1v) is 10.9. The van der Waals surface area contributed by atoms with Gasteiger partial charge in [0.05, 0.1) is 11.7 Å². The normalized spacial score (nSPS) is 19.3. The van der Waals surface area contributed by atoms with Crippen molar-refractivity contribution in [2.24, 2.45) is 4.99 Å². The summed E-state index contributed by atoms with van der Waals surface area (Å²) in [6.07, 6.45) is 2.09. The molecule has 2 aromatic rings. The van der Waals surface area contributed by atoms with E-state index < -0.39 is 7.60 Å². The highest BCUT2D eigenvalue weighted by atomic mass is 32.2. The van der Waals surface area contributed by atoms with Gasteiger partial charge in [0.1, 0.15) is 5.44 Å². The van der Waals surface area contributed by atoms with Crippen molar-refractivity contribution >= 4 is 30.2 Å². The fourth-order valence-corrected chi connectivity index (χ4v) is 5.70. The Hall–Kier alpha value is -2.11. The number of thioether (sulfide) groups is 1. The SMILES string of the molecule is COP(=O)(OC)C1=CSC2=NC(c3ccccc3)=CC(c3ccccc3)N12. The van der Waals surface area contributed by atoms with Crippen LogP contribution in [0.3, 0.4) is 0 Å². The molecule has 27 heavy (non-hydrogen) atoms. The van der Waals surface area contributed by atoms with Gasteiger partial charge in [0.15, 0.2) is 5.17 Å². The highest BCUT2D eigenvalue weighted by Crippen LogP contribution is 2.61. The first-order chi connectivity index (χ1) is 13.2. The van der Waals surface area contributed by atoms with E-state index in [0.29, 0.717) is 5.44 Å². The summed E-state index contributed by atoms with van der Waals surface area (Å²) in [6, 6.07) is 20.0. The molecule has 5 nitrogen and oxygen atoms in total. The molecule has 2 aromatic carbocycles. The first-order valence-electron chi connectivity index (χ1n) is 8.45. The van der Waals surface area contributed by atoms with E-state index in [1.54, 1.807) is 0 Å². The second kappa shape index (κ2) is 7.49. The van der Waals surface area contributed by atoms with Crippen molar-refractivity contribution in [2.45, 2.75) is 6.04 Å². The van der Waals surface area contributed by atoms with Gasteiger partial charge < -0.3 is 13.9 Å². The Morgan fingerprint density at radius 1 is 1.00 bits per heavy atom. The minimum absolute atomic E-state index is 0.159. The van der Waals surface area contributed by atoms with Crippen molar-refractivity contribution in [2.75, 3.05) is 14.2 Å². The lowest BCUT2D eigenvalue weighted by Crippen LogP contribution is -2.31. The molecule has 0 fully saturated rings. The smallest absolute Gasteiger partial charge is 0.308 e. The number of aliphatic imine (C=N–C) groups is 1. The number of amidine groups is 1. The maximum absolute atomic E-state index is 13.1. The van der Waals surface area contributed by atoms with Crippen LogP contribution < -0.4 is 0 Å². The average Bonchev–Trinajstić information content (AvgIpc) is 3.18. The summed E-state index contributed by atoms with van der Waals surface area (Å²) < 4.78 is 23.6. The van der Waals surface area contributed by atoms with Crippen LogP contribution in [-0.4, -0.2) is 24.3 Å². The molecule has 4 rings (SSSR count). The minimum Gasteiger partial charge on any atom is -0.308 e. The maximum Gasteiger partial charge on any atom is 0.377 e. The molecule has 2 heterocycles. The van der Waals surface area contributed by atoms with Gasteiger partial charge in [-0.25, -0.2) is 4.99 Å². The fraction of sp³-hybridized carbons (Fsp3) is 0.150. The van der Waals surface area contributed by atoms with Crippen molar-refractivity contribution < 1.29 is 13.6 Å². The molecule has 0 saturated heterocycles. The minimum atomic E-state index is -3.41. The molecule has 0 aliphatic carbocycles. The Balaban J connectivity index is 1.83. The van der Waals surface area contributed by atoms with Gasteiger partial charge in [-0.15, -0.1) is 0 Å². The van der Waals surface area contributed by atoms with E-state index in [9.17, 15) is 4.57 Å². The predicted octanol–water partition coefficient (Wildman–Crippen LogP) is 5.47. The third-order valence-corrected chi connectivity index (χ3v) is 7.39. The van der Waals surface area contributed by atoms with Crippen LogP contribution in [0.2, 0.25) is 0 Å². The van der Waals surface area contributed by atoms with Crippen LogP contribution in [0.1, 0.15) is 17.2 Å². The summed E-state index contributed by atoms with van der Waals surface area (Å²) in [4.78, 5) is 6.75. The Bertz CT molecular complexity index is 965. The molecular weight excluding hydrogens is 379 g/mol. The third-order valence-electron chi connectivity index (χ3n) is 4.50. The molecule has 0 radical (unpaired) electrons. The summed E-state index contributed by atoms with van der Waals surface area (Å²) in [7, 11) is -0.611. The van der Waals surface area contributed by atoms with Crippen molar-refractivity contribution in [3.63, 3.8) is 0 Å². The lowest BCUT2D eigenvalue weighted by molar-refractivity contribution is 0.272. The summed E-state index contributed by atoms with van der Waals surface area (Å²) in [6.45, 7) is 0. The van der Waals surface area contributed by atoms with Gasteiger partial charge in [0.2, 0.25) is 0 Å². The van der Waals surface area contributed by atoms with Crippen LogP contribution in [-0.2, 0) is 13.6 Å². The van der Waals surface area contributed by atoms with Crippen LogP contribution in [0, 0.1) is 0 Å². The molecule has 0 aromatic heterocycles. The maximum atomic E-state index is 13.1.